The van der Waals surface area contributed by atoms with E-state index < -0.39 is 0 Å². The molecule has 0 spiro atoms. The summed E-state index contributed by atoms with van der Waals surface area (Å²) in [5.74, 6) is 0. The first-order valence-electron chi connectivity index (χ1n) is 5.82. The van der Waals surface area contributed by atoms with Crippen LogP contribution in [0.4, 0.5) is 4.79 Å². The molecule has 92 valence electrons. The van der Waals surface area contributed by atoms with Crippen molar-refractivity contribution in [3.05, 3.63) is 30.1 Å². The molecule has 0 radical (unpaired) electrons. The Morgan fingerprint density at radius 1 is 1.53 bits per heavy atom. The largest absolute Gasteiger partial charge is 0.445 e. The molecule has 1 aromatic rings. The number of aromatic nitrogens is 1. The van der Waals surface area contributed by atoms with Crippen molar-refractivity contribution in [2.75, 3.05) is 13.1 Å². The SMILES string of the molecule is NC1CCCN(C(=O)OCc2ccncc2)C1. The van der Waals surface area contributed by atoms with Gasteiger partial charge in [0, 0.05) is 31.5 Å². The Kier molecular flexibility index (Phi) is 3.93. The highest BCUT2D eigenvalue weighted by Crippen LogP contribution is 2.10. The van der Waals surface area contributed by atoms with E-state index in [0.29, 0.717) is 6.54 Å². The summed E-state index contributed by atoms with van der Waals surface area (Å²) in [6.07, 6.45) is 5.01. The summed E-state index contributed by atoms with van der Waals surface area (Å²) in [6.45, 7) is 1.62. The Hall–Kier alpha value is -1.62. The number of nitrogens with two attached hydrogens (primary N) is 1. The summed E-state index contributed by atoms with van der Waals surface area (Å²) in [7, 11) is 0. The first kappa shape index (κ1) is 11.9. The number of ether oxygens (including phenoxy) is 1. The number of likely N-dealkylation sites (tertiary alicyclic amines) is 1. The van der Waals surface area contributed by atoms with Crippen LogP contribution in [0, 0.1) is 0 Å². The van der Waals surface area contributed by atoms with Gasteiger partial charge in [-0.05, 0) is 30.5 Å². The zero-order chi connectivity index (χ0) is 12.1. The molecule has 5 heteroatoms. The van der Waals surface area contributed by atoms with Gasteiger partial charge in [0.05, 0.1) is 0 Å². The summed E-state index contributed by atoms with van der Waals surface area (Å²) in [5.41, 5.74) is 6.75. The van der Waals surface area contributed by atoms with Gasteiger partial charge >= 0.3 is 6.09 Å². The summed E-state index contributed by atoms with van der Waals surface area (Å²) in [6, 6.07) is 3.74. The molecule has 1 amide bonds. The standard InChI is InChI=1S/C12H17N3O2/c13-11-2-1-7-15(8-11)12(16)17-9-10-3-5-14-6-4-10/h3-6,11H,1-2,7-9,13H2. The van der Waals surface area contributed by atoms with Crippen molar-refractivity contribution in [2.45, 2.75) is 25.5 Å². The lowest BCUT2D eigenvalue weighted by Gasteiger charge is -2.29. The Bertz CT molecular complexity index is 369. The van der Waals surface area contributed by atoms with E-state index in [1.165, 1.54) is 0 Å². The van der Waals surface area contributed by atoms with Crippen LogP contribution < -0.4 is 5.73 Å². The van der Waals surface area contributed by atoms with Gasteiger partial charge in [-0.1, -0.05) is 0 Å². The van der Waals surface area contributed by atoms with Crippen LogP contribution >= 0.6 is 0 Å². The van der Waals surface area contributed by atoms with Crippen LogP contribution in [0.3, 0.4) is 0 Å². The van der Waals surface area contributed by atoms with Crippen LogP contribution in [0.1, 0.15) is 18.4 Å². The van der Waals surface area contributed by atoms with Crippen molar-refractivity contribution < 1.29 is 9.53 Å². The number of hydrogen-bond donors (Lipinski definition) is 1. The second-order valence-corrected chi connectivity index (χ2v) is 4.26. The number of nitrogens with zero attached hydrogens (tertiary/aromatic N) is 2. The fraction of sp³-hybridized carbons (Fsp3) is 0.500. The average molecular weight is 235 g/mol. The van der Waals surface area contributed by atoms with Crippen LogP contribution in [-0.4, -0.2) is 35.1 Å². The number of carbonyl (C=O) groups excluding carboxylic acids is 1. The maximum Gasteiger partial charge on any atom is 0.410 e. The van der Waals surface area contributed by atoms with Crippen LogP contribution in [0.5, 0.6) is 0 Å². The molecule has 0 bridgehead atoms. The van der Waals surface area contributed by atoms with E-state index in [1.54, 1.807) is 17.3 Å². The second kappa shape index (κ2) is 5.63. The first-order valence-corrected chi connectivity index (χ1v) is 5.82. The molecule has 1 unspecified atom stereocenters. The number of piperidine rings is 1. The smallest absolute Gasteiger partial charge is 0.410 e. The van der Waals surface area contributed by atoms with E-state index in [9.17, 15) is 4.79 Å². The zero-order valence-electron chi connectivity index (χ0n) is 9.71. The zero-order valence-corrected chi connectivity index (χ0v) is 9.71. The lowest BCUT2D eigenvalue weighted by atomic mass is 10.1. The van der Waals surface area contributed by atoms with Gasteiger partial charge in [-0.3, -0.25) is 4.98 Å². The molecule has 1 aromatic heterocycles. The molecule has 2 N–H and O–H groups in total. The van der Waals surface area contributed by atoms with Crippen LogP contribution in [0.15, 0.2) is 24.5 Å². The van der Waals surface area contributed by atoms with E-state index in [1.807, 2.05) is 12.1 Å². The summed E-state index contributed by atoms with van der Waals surface area (Å²) in [4.78, 5) is 17.3. The van der Waals surface area contributed by atoms with Crippen LogP contribution in [0.25, 0.3) is 0 Å². The minimum atomic E-state index is -0.281. The third-order valence-corrected chi connectivity index (χ3v) is 2.83. The van der Waals surface area contributed by atoms with Crippen LogP contribution in [-0.2, 0) is 11.3 Å². The van der Waals surface area contributed by atoms with Gasteiger partial charge in [0.25, 0.3) is 0 Å². The van der Waals surface area contributed by atoms with Gasteiger partial charge in [-0.15, -0.1) is 0 Å². The molecule has 17 heavy (non-hydrogen) atoms. The molecule has 1 fully saturated rings. The first-order chi connectivity index (χ1) is 8.25. The molecule has 0 saturated carbocycles. The molecule has 2 heterocycles. The number of amides is 1. The minimum absolute atomic E-state index is 0.0808. The second-order valence-electron chi connectivity index (χ2n) is 4.26. The van der Waals surface area contributed by atoms with Crippen molar-refractivity contribution in [1.82, 2.24) is 9.88 Å². The van der Waals surface area contributed by atoms with E-state index in [2.05, 4.69) is 4.98 Å². The summed E-state index contributed by atoms with van der Waals surface area (Å²) < 4.78 is 5.22. The van der Waals surface area contributed by atoms with Gasteiger partial charge in [-0.2, -0.15) is 0 Å². The predicted octanol–water partition coefficient (Wildman–Crippen LogP) is 1.14. The maximum absolute atomic E-state index is 11.7. The number of pyridine rings is 1. The highest BCUT2D eigenvalue weighted by molar-refractivity contribution is 5.67. The van der Waals surface area contributed by atoms with Gasteiger partial charge in [-0.25, -0.2) is 4.79 Å². The Labute approximate surface area is 101 Å². The molecule has 0 aliphatic carbocycles. The maximum atomic E-state index is 11.7. The summed E-state index contributed by atoms with van der Waals surface area (Å²) in [5, 5.41) is 0. The Morgan fingerprint density at radius 2 is 2.29 bits per heavy atom. The van der Waals surface area contributed by atoms with Crippen molar-refractivity contribution in [3.8, 4) is 0 Å². The monoisotopic (exact) mass is 235 g/mol. The van der Waals surface area contributed by atoms with E-state index in [-0.39, 0.29) is 18.7 Å². The highest BCUT2D eigenvalue weighted by Gasteiger charge is 2.22. The van der Waals surface area contributed by atoms with Gasteiger partial charge < -0.3 is 15.4 Å². The molecular formula is C12H17N3O2. The predicted molar refractivity (Wildman–Crippen MR) is 63.2 cm³/mol. The molecule has 1 atom stereocenters. The third kappa shape index (κ3) is 3.42. The number of hydrogen-bond acceptors (Lipinski definition) is 4. The average Bonchev–Trinajstić information content (AvgIpc) is 2.37. The molecular weight excluding hydrogens is 218 g/mol. The van der Waals surface area contributed by atoms with E-state index in [4.69, 9.17) is 10.5 Å². The lowest BCUT2D eigenvalue weighted by Crippen LogP contribution is -2.45. The van der Waals surface area contributed by atoms with Crippen molar-refractivity contribution >= 4 is 6.09 Å². The fourth-order valence-corrected chi connectivity index (χ4v) is 1.89. The fourth-order valence-electron chi connectivity index (χ4n) is 1.89. The van der Waals surface area contributed by atoms with Crippen molar-refractivity contribution in [3.63, 3.8) is 0 Å². The minimum Gasteiger partial charge on any atom is -0.445 e. The molecule has 1 aliphatic rings. The number of rotatable bonds is 2. The molecule has 1 aliphatic heterocycles. The van der Waals surface area contributed by atoms with Crippen LogP contribution in [0.2, 0.25) is 0 Å². The molecule has 0 aromatic carbocycles. The van der Waals surface area contributed by atoms with Crippen molar-refractivity contribution in [2.24, 2.45) is 5.73 Å². The molecule has 5 nitrogen and oxygen atoms in total. The highest BCUT2D eigenvalue weighted by atomic mass is 16.6. The lowest BCUT2D eigenvalue weighted by molar-refractivity contribution is 0.0862. The van der Waals surface area contributed by atoms with Gasteiger partial charge in [0.2, 0.25) is 0 Å². The van der Waals surface area contributed by atoms with Gasteiger partial charge in [0.15, 0.2) is 0 Å². The number of carbonyl (C=O) groups is 1. The normalized spacial score (nSPS) is 20.1. The summed E-state index contributed by atoms with van der Waals surface area (Å²) >= 11 is 0. The topological polar surface area (TPSA) is 68.5 Å². The third-order valence-electron chi connectivity index (χ3n) is 2.83. The van der Waals surface area contributed by atoms with E-state index in [0.717, 1.165) is 24.9 Å². The molecule has 1 saturated heterocycles. The van der Waals surface area contributed by atoms with Gasteiger partial charge in [0.1, 0.15) is 6.61 Å². The Morgan fingerprint density at radius 3 is 3.00 bits per heavy atom. The van der Waals surface area contributed by atoms with Crippen molar-refractivity contribution in [1.29, 1.82) is 0 Å². The molecule has 2 rings (SSSR count). The quantitative estimate of drug-likeness (QED) is 0.834. The van der Waals surface area contributed by atoms with E-state index >= 15 is 0 Å². The Balaban J connectivity index is 1.81.